The van der Waals surface area contributed by atoms with E-state index in [0.717, 1.165) is 23.4 Å². The first-order chi connectivity index (χ1) is 14.1. The van der Waals surface area contributed by atoms with Crippen LogP contribution in [0.15, 0.2) is 24.3 Å². The number of thiazole rings is 1. The third-order valence-corrected chi connectivity index (χ3v) is 5.90. The Morgan fingerprint density at radius 2 is 2.21 bits per heavy atom. The minimum absolute atomic E-state index is 0.143. The predicted molar refractivity (Wildman–Crippen MR) is 110 cm³/mol. The first-order valence-corrected chi connectivity index (χ1v) is 10.6. The number of nitrogens with one attached hydrogen (secondary N) is 2. The highest BCUT2D eigenvalue weighted by atomic mass is 32.1. The molecule has 0 bridgehead atoms. The number of benzene rings is 1. The predicted octanol–water partition coefficient (Wildman–Crippen LogP) is 3.25. The Morgan fingerprint density at radius 1 is 1.34 bits per heavy atom. The number of para-hydroxylation sites is 2. The fourth-order valence-electron chi connectivity index (χ4n) is 3.44. The molecule has 1 atom stereocenters. The first kappa shape index (κ1) is 19.7. The lowest BCUT2D eigenvalue weighted by molar-refractivity contribution is -0.124. The molecular weight excluding hydrogens is 392 g/mol. The Bertz CT molecular complexity index is 894. The molecule has 2 aliphatic rings. The molecule has 1 saturated heterocycles. The summed E-state index contributed by atoms with van der Waals surface area (Å²) in [5.74, 6) is 0.508. The van der Waals surface area contributed by atoms with Gasteiger partial charge >= 0.3 is 6.03 Å². The van der Waals surface area contributed by atoms with E-state index in [4.69, 9.17) is 9.47 Å². The number of nitrogens with zero attached hydrogens (tertiary/aromatic N) is 2. The summed E-state index contributed by atoms with van der Waals surface area (Å²) in [4.78, 5) is 32.3. The van der Waals surface area contributed by atoms with Gasteiger partial charge in [0.1, 0.15) is 11.9 Å². The van der Waals surface area contributed by atoms with Gasteiger partial charge in [-0.3, -0.25) is 10.1 Å². The fourth-order valence-corrected chi connectivity index (χ4v) is 4.46. The van der Waals surface area contributed by atoms with E-state index >= 15 is 0 Å². The molecule has 0 radical (unpaired) electrons. The second-order valence-corrected chi connectivity index (χ2v) is 7.99. The standard InChI is InChI=1S/C20H24N4O4S/c1-2-27-15-7-4-3-6-13(15)22-20(26)24-10-9-14-17(12-24)29-19(21-14)23-18(25)16-8-5-11-28-16/h3-4,6-7,16H,2,5,8-12H2,1H3,(H,22,26)(H,21,23,25). The Labute approximate surface area is 173 Å². The summed E-state index contributed by atoms with van der Waals surface area (Å²) in [6, 6.07) is 7.21. The second kappa shape index (κ2) is 8.79. The number of carbonyl (C=O) groups is 2. The van der Waals surface area contributed by atoms with Crippen molar-refractivity contribution in [3.8, 4) is 5.75 Å². The van der Waals surface area contributed by atoms with Crippen LogP contribution in [0.1, 0.15) is 30.3 Å². The van der Waals surface area contributed by atoms with E-state index in [1.165, 1.54) is 11.3 Å². The molecular formula is C20H24N4O4S. The molecule has 2 aromatic rings. The van der Waals surface area contributed by atoms with Crippen LogP contribution in [0.2, 0.25) is 0 Å². The molecule has 1 aromatic carbocycles. The zero-order valence-corrected chi connectivity index (χ0v) is 17.1. The van der Waals surface area contributed by atoms with Crippen molar-refractivity contribution < 1.29 is 19.1 Å². The van der Waals surface area contributed by atoms with Gasteiger partial charge in [-0.1, -0.05) is 23.5 Å². The number of fused-ring (bicyclic) bond motifs is 1. The summed E-state index contributed by atoms with van der Waals surface area (Å²) in [7, 11) is 0. The van der Waals surface area contributed by atoms with E-state index in [9.17, 15) is 9.59 Å². The zero-order valence-electron chi connectivity index (χ0n) is 16.3. The third kappa shape index (κ3) is 4.51. The van der Waals surface area contributed by atoms with Gasteiger partial charge < -0.3 is 19.7 Å². The number of carbonyl (C=O) groups excluding carboxylic acids is 2. The van der Waals surface area contributed by atoms with Crippen LogP contribution >= 0.6 is 11.3 Å². The molecule has 3 heterocycles. The number of ether oxygens (including phenoxy) is 2. The lowest BCUT2D eigenvalue weighted by atomic mass is 10.2. The molecule has 2 aliphatic heterocycles. The molecule has 0 aliphatic carbocycles. The van der Waals surface area contributed by atoms with E-state index in [2.05, 4.69) is 15.6 Å². The summed E-state index contributed by atoms with van der Waals surface area (Å²) in [6.45, 7) is 4.10. The lowest BCUT2D eigenvalue weighted by Crippen LogP contribution is -2.38. The molecule has 1 aromatic heterocycles. The normalized spacial score (nSPS) is 18.2. The molecule has 29 heavy (non-hydrogen) atoms. The lowest BCUT2D eigenvalue weighted by Gasteiger charge is -2.26. The van der Waals surface area contributed by atoms with Gasteiger partial charge in [-0.15, -0.1) is 0 Å². The van der Waals surface area contributed by atoms with Crippen molar-refractivity contribution in [1.82, 2.24) is 9.88 Å². The van der Waals surface area contributed by atoms with Crippen LogP contribution in [0.25, 0.3) is 0 Å². The monoisotopic (exact) mass is 416 g/mol. The van der Waals surface area contributed by atoms with E-state index in [1.54, 1.807) is 4.90 Å². The number of aromatic nitrogens is 1. The minimum Gasteiger partial charge on any atom is -0.492 e. The minimum atomic E-state index is -0.386. The molecule has 9 heteroatoms. The molecule has 8 nitrogen and oxygen atoms in total. The average Bonchev–Trinajstić information content (AvgIpc) is 3.38. The van der Waals surface area contributed by atoms with E-state index < -0.39 is 0 Å². The van der Waals surface area contributed by atoms with Crippen LogP contribution in [-0.4, -0.2) is 47.7 Å². The summed E-state index contributed by atoms with van der Waals surface area (Å²) < 4.78 is 11.0. The molecule has 2 N–H and O–H groups in total. The van der Waals surface area contributed by atoms with Crippen LogP contribution in [0.3, 0.4) is 0 Å². The number of anilines is 2. The molecule has 154 valence electrons. The van der Waals surface area contributed by atoms with E-state index in [-0.39, 0.29) is 18.0 Å². The zero-order chi connectivity index (χ0) is 20.2. The van der Waals surface area contributed by atoms with Crippen molar-refractivity contribution in [2.24, 2.45) is 0 Å². The number of amides is 3. The van der Waals surface area contributed by atoms with Gasteiger partial charge in [0.25, 0.3) is 5.91 Å². The maximum atomic E-state index is 12.7. The van der Waals surface area contributed by atoms with Crippen molar-refractivity contribution in [3.05, 3.63) is 34.8 Å². The summed E-state index contributed by atoms with van der Waals surface area (Å²) in [5, 5.41) is 6.36. The SMILES string of the molecule is CCOc1ccccc1NC(=O)N1CCc2nc(NC(=O)C3CCCO3)sc2C1. The third-order valence-electron chi connectivity index (χ3n) is 4.90. The molecule has 3 amide bonds. The quantitative estimate of drug-likeness (QED) is 0.781. The van der Waals surface area contributed by atoms with Gasteiger partial charge in [0.2, 0.25) is 0 Å². The van der Waals surface area contributed by atoms with Crippen molar-refractivity contribution in [2.45, 2.75) is 38.8 Å². The van der Waals surface area contributed by atoms with Gasteiger partial charge in [-0.2, -0.15) is 0 Å². The molecule has 1 fully saturated rings. The summed E-state index contributed by atoms with van der Waals surface area (Å²) in [6.07, 6.45) is 1.92. The van der Waals surface area contributed by atoms with E-state index in [1.807, 2.05) is 31.2 Å². The Balaban J connectivity index is 1.39. The average molecular weight is 417 g/mol. The van der Waals surface area contributed by atoms with Crippen molar-refractivity contribution in [2.75, 3.05) is 30.4 Å². The van der Waals surface area contributed by atoms with Crippen LogP contribution in [-0.2, 0) is 22.5 Å². The van der Waals surface area contributed by atoms with Crippen molar-refractivity contribution in [1.29, 1.82) is 0 Å². The first-order valence-electron chi connectivity index (χ1n) is 9.83. The summed E-state index contributed by atoms with van der Waals surface area (Å²) >= 11 is 1.42. The smallest absolute Gasteiger partial charge is 0.322 e. The van der Waals surface area contributed by atoms with E-state index in [0.29, 0.717) is 49.3 Å². The topological polar surface area (TPSA) is 92.8 Å². The maximum absolute atomic E-state index is 12.7. The number of hydrogen-bond donors (Lipinski definition) is 2. The second-order valence-electron chi connectivity index (χ2n) is 6.91. The van der Waals surface area contributed by atoms with Gasteiger partial charge in [-0.05, 0) is 31.9 Å². The van der Waals surface area contributed by atoms with Crippen molar-refractivity contribution in [3.63, 3.8) is 0 Å². The number of hydrogen-bond acceptors (Lipinski definition) is 6. The molecule has 1 unspecified atom stereocenters. The number of urea groups is 1. The molecule has 0 saturated carbocycles. The summed E-state index contributed by atoms with van der Waals surface area (Å²) in [5.41, 5.74) is 1.59. The number of rotatable bonds is 5. The largest absolute Gasteiger partial charge is 0.492 e. The Hall–Kier alpha value is -2.65. The van der Waals surface area contributed by atoms with Gasteiger partial charge in [-0.25, -0.2) is 9.78 Å². The maximum Gasteiger partial charge on any atom is 0.322 e. The highest BCUT2D eigenvalue weighted by Crippen LogP contribution is 2.30. The fraction of sp³-hybridized carbons (Fsp3) is 0.450. The van der Waals surface area contributed by atoms with Crippen molar-refractivity contribution >= 4 is 34.1 Å². The Morgan fingerprint density at radius 3 is 3.00 bits per heavy atom. The van der Waals surface area contributed by atoms with Gasteiger partial charge in [0, 0.05) is 24.4 Å². The highest BCUT2D eigenvalue weighted by molar-refractivity contribution is 7.15. The Kier molecular flexibility index (Phi) is 5.96. The van der Waals surface area contributed by atoms with Crippen LogP contribution in [0.4, 0.5) is 15.6 Å². The van der Waals surface area contributed by atoms with Gasteiger partial charge in [0.05, 0.1) is 24.5 Å². The molecule has 0 spiro atoms. The van der Waals surface area contributed by atoms with Crippen LogP contribution in [0, 0.1) is 0 Å². The van der Waals surface area contributed by atoms with Crippen LogP contribution < -0.4 is 15.4 Å². The van der Waals surface area contributed by atoms with Gasteiger partial charge in [0.15, 0.2) is 5.13 Å². The highest BCUT2D eigenvalue weighted by Gasteiger charge is 2.27. The van der Waals surface area contributed by atoms with Crippen LogP contribution in [0.5, 0.6) is 5.75 Å². The molecule has 4 rings (SSSR count).